The molecule has 0 aliphatic rings. The molecule has 2 unspecified atom stereocenters. The topological polar surface area (TPSA) is 104 Å². The molecule has 7 heteroatoms. The van der Waals surface area contributed by atoms with Gasteiger partial charge in [-0.25, -0.2) is 0 Å². The van der Waals surface area contributed by atoms with E-state index in [9.17, 15) is 22.9 Å². The highest BCUT2D eigenvalue weighted by Gasteiger charge is 2.24. The molecule has 0 radical (unpaired) electrons. The monoisotopic (exact) mass is 557 g/mol. The summed E-state index contributed by atoms with van der Waals surface area (Å²) >= 11 is 0. The maximum absolute atomic E-state index is 12.3. The van der Waals surface area contributed by atoms with Crippen molar-refractivity contribution in [3.63, 3.8) is 0 Å². The number of hydrogen-bond acceptors (Lipinski definition) is 4. The van der Waals surface area contributed by atoms with E-state index in [1.807, 2.05) is 6.08 Å². The molecule has 3 N–H and O–H groups in total. The minimum Gasteiger partial charge on any atom is -0.387 e. The second-order valence-electron chi connectivity index (χ2n) is 10.7. The van der Waals surface area contributed by atoms with E-state index in [1.165, 1.54) is 76.7 Å². The number of carbonyl (C=O) groups is 1. The van der Waals surface area contributed by atoms with Crippen LogP contribution in [0.1, 0.15) is 149 Å². The number of carbonyl (C=O) groups excluding carboxylic acids is 1. The van der Waals surface area contributed by atoms with Gasteiger partial charge in [-0.05, 0) is 44.9 Å². The Bertz CT molecular complexity index is 705. The maximum Gasteiger partial charge on any atom is 0.267 e. The van der Waals surface area contributed by atoms with Gasteiger partial charge in [0.05, 0.1) is 17.9 Å². The summed E-state index contributed by atoms with van der Waals surface area (Å²) in [5, 5.41) is 13.0. The molecule has 0 saturated carbocycles. The highest BCUT2D eigenvalue weighted by atomic mass is 32.2. The number of nitrogens with one attached hydrogen (secondary N) is 1. The summed E-state index contributed by atoms with van der Waals surface area (Å²) in [6.45, 7) is 4.42. The van der Waals surface area contributed by atoms with Gasteiger partial charge in [0.25, 0.3) is 10.1 Å². The van der Waals surface area contributed by atoms with E-state index in [1.54, 1.807) is 0 Å². The van der Waals surface area contributed by atoms with Crippen LogP contribution in [-0.2, 0) is 14.9 Å². The van der Waals surface area contributed by atoms with E-state index in [-0.39, 0.29) is 12.3 Å². The molecule has 0 aromatic heterocycles. The van der Waals surface area contributed by atoms with Gasteiger partial charge in [0, 0.05) is 6.42 Å². The summed E-state index contributed by atoms with van der Waals surface area (Å²) in [6.07, 6.45) is 30.4. The molecule has 0 aliphatic carbocycles. The fraction of sp³-hybridized carbons (Fsp3) is 0.839. The van der Waals surface area contributed by atoms with Gasteiger partial charge in [-0.1, -0.05) is 122 Å². The van der Waals surface area contributed by atoms with Crippen LogP contribution < -0.4 is 5.32 Å². The lowest BCUT2D eigenvalue weighted by Crippen LogP contribution is -2.46. The number of hydrogen-bond donors (Lipinski definition) is 3. The van der Waals surface area contributed by atoms with Gasteiger partial charge in [-0.15, -0.1) is 0 Å². The lowest BCUT2D eigenvalue weighted by molar-refractivity contribution is -0.122. The number of aliphatic hydroxyl groups is 1. The molecule has 1 amide bonds. The molecule has 0 rings (SSSR count). The van der Waals surface area contributed by atoms with Gasteiger partial charge >= 0.3 is 0 Å². The smallest absolute Gasteiger partial charge is 0.267 e. The zero-order valence-electron chi connectivity index (χ0n) is 24.5. The first-order chi connectivity index (χ1) is 18.3. The van der Waals surface area contributed by atoms with Gasteiger partial charge < -0.3 is 10.4 Å². The normalized spacial score (nSPS) is 13.9. The van der Waals surface area contributed by atoms with E-state index in [4.69, 9.17) is 0 Å². The molecule has 0 saturated heterocycles. The van der Waals surface area contributed by atoms with Crippen molar-refractivity contribution in [3.05, 3.63) is 24.3 Å². The third-order valence-electron chi connectivity index (χ3n) is 6.87. The van der Waals surface area contributed by atoms with E-state index >= 15 is 0 Å². The molecule has 38 heavy (non-hydrogen) atoms. The Hall–Kier alpha value is -1.18. The summed E-state index contributed by atoms with van der Waals surface area (Å²) in [5.74, 6) is -0.994. The average molecular weight is 558 g/mol. The summed E-state index contributed by atoms with van der Waals surface area (Å²) in [5.41, 5.74) is 0. The van der Waals surface area contributed by atoms with Crippen LogP contribution in [0.2, 0.25) is 0 Å². The molecule has 0 heterocycles. The van der Waals surface area contributed by atoms with E-state index in [2.05, 4.69) is 31.3 Å². The molecular weight excluding hydrogens is 498 g/mol. The van der Waals surface area contributed by atoms with Crippen LogP contribution in [0.5, 0.6) is 0 Å². The van der Waals surface area contributed by atoms with Crippen molar-refractivity contribution in [2.24, 2.45) is 0 Å². The summed E-state index contributed by atoms with van der Waals surface area (Å²) in [6, 6.07) is -1.05. The van der Waals surface area contributed by atoms with Crippen LogP contribution in [0.4, 0.5) is 0 Å². The van der Waals surface area contributed by atoms with Crippen LogP contribution >= 0.6 is 0 Å². The third-order valence-corrected chi connectivity index (χ3v) is 7.65. The van der Waals surface area contributed by atoms with Crippen LogP contribution in [0.3, 0.4) is 0 Å². The van der Waals surface area contributed by atoms with Crippen LogP contribution in [0, 0.1) is 0 Å². The van der Waals surface area contributed by atoms with Crippen LogP contribution in [0.25, 0.3) is 0 Å². The first-order valence-corrected chi connectivity index (χ1v) is 17.1. The average Bonchev–Trinajstić information content (AvgIpc) is 2.86. The SMILES string of the molecule is CCCCCCC/C=C/C(O)C(CS(=O)(=O)O)NC(=O)CCCCCCC/C=C\CCCCCCCCC. The summed E-state index contributed by atoms with van der Waals surface area (Å²) in [4.78, 5) is 12.3. The standard InChI is InChI=1S/C31H59NO5S/c1-3-5-7-9-11-12-13-14-15-16-17-18-19-21-23-25-27-31(34)32-29(28-38(35,36)37)30(33)26-24-22-20-10-8-6-4-2/h15-16,24,26,29-30,33H,3-14,17-23,25,27-28H2,1-2H3,(H,32,34)(H,35,36,37)/b16-15-,26-24+. The van der Waals surface area contributed by atoms with Crippen LogP contribution in [0.15, 0.2) is 24.3 Å². The number of rotatable bonds is 27. The summed E-state index contributed by atoms with van der Waals surface area (Å²) in [7, 11) is -4.33. The molecule has 2 atom stereocenters. The molecular formula is C31H59NO5S. The predicted octanol–water partition coefficient (Wildman–Crippen LogP) is 8.06. The zero-order valence-corrected chi connectivity index (χ0v) is 25.4. The van der Waals surface area contributed by atoms with E-state index in [0.29, 0.717) is 0 Å². The van der Waals surface area contributed by atoms with Crippen molar-refractivity contribution in [1.29, 1.82) is 0 Å². The molecule has 0 spiro atoms. The van der Waals surface area contributed by atoms with E-state index < -0.39 is 28.0 Å². The van der Waals surface area contributed by atoms with Gasteiger partial charge in [0.1, 0.15) is 0 Å². The number of amides is 1. The molecule has 0 aromatic rings. The maximum atomic E-state index is 12.3. The highest BCUT2D eigenvalue weighted by Crippen LogP contribution is 2.11. The summed E-state index contributed by atoms with van der Waals surface area (Å²) < 4.78 is 32.0. The van der Waals surface area contributed by atoms with Crippen LogP contribution in [-0.4, -0.2) is 41.9 Å². The fourth-order valence-electron chi connectivity index (χ4n) is 4.50. The lowest BCUT2D eigenvalue weighted by atomic mass is 10.1. The lowest BCUT2D eigenvalue weighted by Gasteiger charge is -2.21. The second kappa shape index (κ2) is 26.1. The molecule has 224 valence electrons. The van der Waals surface area contributed by atoms with Gasteiger partial charge in [-0.3, -0.25) is 9.35 Å². The van der Waals surface area contributed by atoms with Crippen molar-refractivity contribution < 1.29 is 22.9 Å². The Kier molecular flexibility index (Phi) is 25.3. The van der Waals surface area contributed by atoms with Gasteiger partial charge in [0.2, 0.25) is 5.91 Å². The van der Waals surface area contributed by atoms with Crippen molar-refractivity contribution in [2.45, 2.75) is 161 Å². The van der Waals surface area contributed by atoms with Gasteiger partial charge in [-0.2, -0.15) is 8.42 Å². The zero-order chi connectivity index (χ0) is 28.3. The van der Waals surface area contributed by atoms with Crippen molar-refractivity contribution >= 4 is 16.0 Å². The second-order valence-corrected chi connectivity index (χ2v) is 12.2. The Morgan fingerprint density at radius 3 is 1.58 bits per heavy atom. The first-order valence-electron chi connectivity index (χ1n) is 15.5. The molecule has 0 aromatic carbocycles. The molecule has 6 nitrogen and oxygen atoms in total. The van der Waals surface area contributed by atoms with Crippen molar-refractivity contribution in [3.8, 4) is 0 Å². The molecule has 0 bridgehead atoms. The quantitative estimate of drug-likeness (QED) is 0.0538. The largest absolute Gasteiger partial charge is 0.387 e. The highest BCUT2D eigenvalue weighted by molar-refractivity contribution is 7.85. The Labute approximate surface area is 234 Å². The van der Waals surface area contributed by atoms with Crippen molar-refractivity contribution in [1.82, 2.24) is 5.32 Å². The Morgan fingerprint density at radius 2 is 1.11 bits per heavy atom. The predicted molar refractivity (Wildman–Crippen MR) is 161 cm³/mol. The molecule has 0 fully saturated rings. The first kappa shape index (κ1) is 36.8. The van der Waals surface area contributed by atoms with E-state index in [0.717, 1.165) is 57.8 Å². The minimum absolute atomic E-state index is 0.286. The fourth-order valence-corrected chi connectivity index (χ4v) is 5.23. The molecule has 0 aliphatic heterocycles. The minimum atomic E-state index is -4.33. The van der Waals surface area contributed by atoms with Crippen molar-refractivity contribution in [2.75, 3.05) is 5.75 Å². The Morgan fingerprint density at radius 1 is 0.684 bits per heavy atom. The number of unbranched alkanes of at least 4 members (excludes halogenated alkanes) is 17. The number of aliphatic hydroxyl groups excluding tert-OH is 1. The third kappa shape index (κ3) is 26.4. The number of allylic oxidation sites excluding steroid dienone is 3. The Balaban J connectivity index is 3.99. The van der Waals surface area contributed by atoms with Gasteiger partial charge in [0.15, 0.2) is 0 Å².